The van der Waals surface area contributed by atoms with Gasteiger partial charge in [0.25, 0.3) is 0 Å². The molecule has 0 radical (unpaired) electrons. The predicted octanol–water partition coefficient (Wildman–Crippen LogP) is 5.11. The highest BCUT2D eigenvalue weighted by Gasteiger charge is 2.27. The molecule has 0 saturated carbocycles. The molecule has 2 unspecified atom stereocenters. The van der Waals surface area contributed by atoms with Crippen molar-refractivity contribution in [3.63, 3.8) is 0 Å². The molecule has 1 saturated heterocycles. The average molecular weight is 364 g/mol. The van der Waals surface area contributed by atoms with Crippen molar-refractivity contribution in [1.82, 2.24) is 9.88 Å². The van der Waals surface area contributed by atoms with Gasteiger partial charge in [-0.2, -0.15) is 0 Å². The Labute approximate surface area is 159 Å². The van der Waals surface area contributed by atoms with Crippen molar-refractivity contribution in [1.29, 1.82) is 0 Å². The molecule has 3 aromatic rings. The fourth-order valence-electron chi connectivity index (χ4n) is 3.91. The number of benzene rings is 2. The van der Waals surface area contributed by atoms with Gasteiger partial charge in [-0.3, -0.25) is 9.88 Å². The Hall–Kier alpha value is -2.46. The molecule has 3 nitrogen and oxygen atoms in total. The molecular weight excluding hydrogens is 339 g/mol. The van der Waals surface area contributed by atoms with E-state index in [1.165, 1.54) is 6.07 Å². The minimum absolute atomic E-state index is 0.123. The van der Waals surface area contributed by atoms with Crippen LogP contribution in [0, 0.1) is 12.7 Å². The molecule has 0 spiro atoms. The summed E-state index contributed by atoms with van der Waals surface area (Å²) < 4.78 is 20.4. The molecule has 4 rings (SSSR count). The number of rotatable bonds is 4. The maximum Gasteiger partial charge on any atom is 0.130 e. The number of piperidine rings is 1. The lowest BCUT2D eigenvalue weighted by atomic mass is 9.99. The van der Waals surface area contributed by atoms with Gasteiger partial charge in [0.05, 0.1) is 5.52 Å². The van der Waals surface area contributed by atoms with E-state index in [4.69, 9.17) is 4.74 Å². The topological polar surface area (TPSA) is 25.4 Å². The van der Waals surface area contributed by atoms with Gasteiger partial charge >= 0.3 is 0 Å². The molecule has 140 valence electrons. The number of nitrogens with zero attached hydrogens (tertiary/aromatic N) is 2. The maximum atomic E-state index is 14.0. The van der Waals surface area contributed by atoms with Crippen LogP contribution in [0.1, 0.15) is 31.0 Å². The number of aryl methyl sites for hydroxylation is 1. The first-order valence-corrected chi connectivity index (χ1v) is 9.60. The van der Waals surface area contributed by atoms with Gasteiger partial charge in [-0.25, -0.2) is 4.39 Å². The van der Waals surface area contributed by atoms with Crippen molar-refractivity contribution in [3.05, 3.63) is 71.7 Å². The molecule has 0 bridgehead atoms. The Morgan fingerprint density at radius 2 is 1.93 bits per heavy atom. The molecule has 27 heavy (non-hydrogen) atoms. The largest absolute Gasteiger partial charge is 0.490 e. The third-order valence-electron chi connectivity index (χ3n) is 5.40. The molecule has 0 aliphatic carbocycles. The van der Waals surface area contributed by atoms with Crippen LogP contribution in [0.25, 0.3) is 10.9 Å². The van der Waals surface area contributed by atoms with Crippen LogP contribution in [-0.4, -0.2) is 28.6 Å². The molecule has 1 aromatic heterocycles. The molecule has 4 heteroatoms. The fourth-order valence-corrected chi connectivity index (χ4v) is 3.91. The fraction of sp³-hybridized carbons (Fsp3) is 0.348. The minimum Gasteiger partial charge on any atom is -0.490 e. The van der Waals surface area contributed by atoms with Gasteiger partial charge in [-0.1, -0.05) is 30.3 Å². The maximum absolute atomic E-state index is 14.0. The van der Waals surface area contributed by atoms with Gasteiger partial charge in [0.15, 0.2) is 0 Å². The zero-order chi connectivity index (χ0) is 18.8. The smallest absolute Gasteiger partial charge is 0.130 e. The Morgan fingerprint density at radius 1 is 1.15 bits per heavy atom. The van der Waals surface area contributed by atoms with E-state index in [1.54, 1.807) is 6.07 Å². The summed E-state index contributed by atoms with van der Waals surface area (Å²) in [6, 6.07) is 17.5. The highest BCUT2D eigenvalue weighted by atomic mass is 19.1. The monoisotopic (exact) mass is 364 g/mol. The molecule has 2 atom stereocenters. The molecule has 1 fully saturated rings. The highest BCUT2D eigenvalue weighted by molar-refractivity contribution is 5.85. The molecule has 2 heterocycles. The number of ether oxygens (including phenoxy) is 1. The standard InChI is InChI=1S/C23H25FN2O/c1-16-13-23(20-8-4-6-10-22(20)25-16)27-19-11-12-26(17(2)14-19)15-18-7-3-5-9-21(18)24/h3-10,13,17,19H,11-12,14-15H2,1-2H3. The molecular formula is C23H25FN2O. The predicted molar refractivity (Wildman–Crippen MR) is 106 cm³/mol. The molecule has 1 aliphatic rings. The number of pyridine rings is 1. The quantitative estimate of drug-likeness (QED) is 0.643. The zero-order valence-electron chi connectivity index (χ0n) is 15.9. The van der Waals surface area contributed by atoms with E-state index in [1.807, 2.05) is 43.3 Å². The van der Waals surface area contributed by atoms with Crippen LogP contribution in [0.4, 0.5) is 4.39 Å². The number of fused-ring (bicyclic) bond motifs is 1. The van der Waals surface area contributed by atoms with E-state index in [0.29, 0.717) is 12.6 Å². The number of hydrogen-bond donors (Lipinski definition) is 0. The van der Waals surface area contributed by atoms with Gasteiger partial charge in [0.2, 0.25) is 0 Å². The zero-order valence-corrected chi connectivity index (χ0v) is 15.9. The van der Waals surface area contributed by atoms with Crippen molar-refractivity contribution in [2.24, 2.45) is 0 Å². The second-order valence-electron chi connectivity index (χ2n) is 7.45. The minimum atomic E-state index is -0.123. The third-order valence-corrected chi connectivity index (χ3v) is 5.40. The normalized spacial score (nSPS) is 20.7. The summed E-state index contributed by atoms with van der Waals surface area (Å²) in [5.41, 5.74) is 2.70. The third kappa shape index (κ3) is 3.96. The molecule has 0 N–H and O–H groups in total. The molecule has 2 aromatic carbocycles. The van der Waals surface area contributed by atoms with E-state index in [-0.39, 0.29) is 11.9 Å². The van der Waals surface area contributed by atoms with Gasteiger partial charge in [-0.05, 0) is 44.9 Å². The van der Waals surface area contributed by atoms with Crippen molar-refractivity contribution in [3.8, 4) is 5.75 Å². The summed E-state index contributed by atoms with van der Waals surface area (Å²) in [6.45, 7) is 5.76. The van der Waals surface area contributed by atoms with Crippen LogP contribution >= 0.6 is 0 Å². The van der Waals surface area contributed by atoms with Gasteiger partial charge < -0.3 is 4.74 Å². The van der Waals surface area contributed by atoms with Crippen molar-refractivity contribution in [2.75, 3.05) is 6.54 Å². The van der Waals surface area contributed by atoms with E-state index < -0.39 is 0 Å². The summed E-state index contributed by atoms with van der Waals surface area (Å²) in [7, 11) is 0. The Bertz CT molecular complexity index is 943. The van der Waals surface area contributed by atoms with Gasteiger partial charge in [-0.15, -0.1) is 0 Å². The lowest BCUT2D eigenvalue weighted by Gasteiger charge is -2.37. The second-order valence-corrected chi connectivity index (χ2v) is 7.45. The second kappa shape index (κ2) is 7.65. The number of para-hydroxylation sites is 1. The summed E-state index contributed by atoms with van der Waals surface area (Å²) >= 11 is 0. The average Bonchev–Trinajstić information content (AvgIpc) is 2.65. The Morgan fingerprint density at radius 3 is 2.74 bits per heavy atom. The van der Waals surface area contributed by atoms with Crippen LogP contribution in [-0.2, 0) is 6.54 Å². The Kier molecular flexibility index (Phi) is 5.08. The van der Waals surface area contributed by atoms with Crippen molar-refractivity contribution in [2.45, 2.75) is 45.4 Å². The van der Waals surface area contributed by atoms with E-state index >= 15 is 0 Å². The van der Waals surface area contributed by atoms with Crippen LogP contribution in [0.15, 0.2) is 54.6 Å². The van der Waals surface area contributed by atoms with Crippen molar-refractivity contribution < 1.29 is 9.13 Å². The van der Waals surface area contributed by atoms with Gasteiger partial charge in [0, 0.05) is 41.8 Å². The van der Waals surface area contributed by atoms with Crippen LogP contribution in [0.3, 0.4) is 0 Å². The van der Waals surface area contributed by atoms with E-state index in [0.717, 1.165) is 47.3 Å². The van der Waals surface area contributed by atoms with Gasteiger partial charge in [0.1, 0.15) is 17.7 Å². The summed E-state index contributed by atoms with van der Waals surface area (Å²) in [5, 5.41) is 1.06. The number of aromatic nitrogens is 1. The first kappa shape index (κ1) is 17.9. The van der Waals surface area contributed by atoms with E-state index in [2.05, 4.69) is 22.9 Å². The summed E-state index contributed by atoms with van der Waals surface area (Å²) in [6.07, 6.45) is 2.04. The van der Waals surface area contributed by atoms with Crippen LogP contribution in [0.2, 0.25) is 0 Å². The number of hydrogen-bond acceptors (Lipinski definition) is 3. The number of halogens is 1. The SMILES string of the molecule is Cc1cc(OC2CCN(Cc3ccccc3F)C(C)C2)c2ccccc2n1. The number of likely N-dealkylation sites (tertiary alicyclic amines) is 1. The first-order valence-electron chi connectivity index (χ1n) is 9.60. The summed E-state index contributed by atoms with van der Waals surface area (Å²) in [4.78, 5) is 6.93. The van der Waals surface area contributed by atoms with Crippen molar-refractivity contribution >= 4 is 10.9 Å². The van der Waals surface area contributed by atoms with Crippen LogP contribution < -0.4 is 4.74 Å². The van der Waals surface area contributed by atoms with Crippen LogP contribution in [0.5, 0.6) is 5.75 Å². The van der Waals surface area contributed by atoms with E-state index in [9.17, 15) is 4.39 Å². The lowest BCUT2D eigenvalue weighted by Crippen LogP contribution is -2.44. The molecule has 0 amide bonds. The lowest BCUT2D eigenvalue weighted by molar-refractivity contribution is 0.0587. The first-order chi connectivity index (χ1) is 13.1. The highest BCUT2D eigenvalue weighted by Crippen LogP contribution is 2.30. The summed E-state index contributed by atoms with van der Waals surface area (Å²) in [5.74, 6) is 0.791. The Balaban J connectivity index is 1.45. The molecule has 1 aliphatic heterocycles.